The van der Waals surface area contributed by atoms with Crippen LogP contribution >= 0.6 is 15.9 Å². The van der Waals surface area contributed by atoms with Crippen LogP contribution in [0.1, 0.15) is 43.2 Å². The number of nitrogens with zero attached hydrogens (tertiary/aromatic N) is 2. The summed E-state index contributed by atoms with van der Waals surface area (Å²) in [6, 6.07) is 6.26. The van der Waals surface area contributed by atoms with Gasteiger partial charge < -0.3 is 15.2 Å². The molecule has 2 fully saturated rings. The molecule has 2 N–H and O–H groups in total. The second-order valence-corrected chi connectivity index (χ2v) is 9.49. The predicted octanol–water partition coefficient (Wildman–Crippen LogP) is 2.72. The molecular formula is C21H26BrN3O3. The van der Waals surface area contributed by atoms with E-state index in [9.17, 15) is 4.79 Å². The number of guanidine groups is 1. The molecule has 1 aromatic carbocycles. The van der Waals surface area contributed by atoms with E-state index in [1.807, 2.05) is 0 Å². The third kappa shape index (κ3) is 2.45. The molecule has 0 aromatic heterocycles. The van der Waals surface area contributed by atoms with Crippen molar-refractivity contribution < 1.29 is 14.3 Å². The molecule has 4 aliphatic rings. The van der Waals surface area contributed by atoms with Crippen LogP contribution in [0.15, 0.2) is 27.7 Å². The Hall–Kier alpha value is -1.44. The normalized spacial score (nSPS) is 36.7. The molecule has 1 saturated carbocycles. The number of amides is 1. The smallest absolute Gasteiger partial charge is 0.262 e. The van der Waals surface area contributed by atoms with E-state index in [4.69, 9.17) is 20.2 Å². The monoisotopic (exact) mass is 447 g/mol. The average Bonchev–Trinajstić information content (AvgIpc) is 3.06. The number of carbonyl (C=O) groups excluding carboxylic acids is 1. The molecule has 2 heterocycles. The van der Waals surface area contributed by atoms with Crippen molar-refractivity contribution in [1.29, 1.82) is 0 Å². The molecule has 150 valence electrons. The first-order valence-electron chi connectivity index (χ1n) is 10.1. The number of rotatable bonds is 3. The van der Waals surface area contributed by atoms with Gasteiger partial charge in [-0.15, -0.1) is 0 Å². The van der Waals surface area contributed by atoms with Crippen LogP contribution in [0, 0.1) is 5.41 Å². The van der Waals surface area contributed by atoms with Gasteiger partial charge in [0, 0.05) is 23.6 Å². The summed E-state index contributed by atoms with van der Waals surface area (Å²) in [4.78, 5) is 20.6. The van der Waals surface area contributed by atoms with Crippen molar-refractivity contribution in [2.24, 2.45) is 16.1 Å². The van der Waals surface area contributed by atoms with E-state index < -0.39 is 5.54 Å². The van der Waals surface area contributed by atoms with Crippen LogP contribution in [0.5, 0.6) is 0 Å². The Morgan fingerprint density at radius 2 is 2.11 bits per heavy atom. The summed E-state index contributed by atoms with van der Waals surface area (Å²) in [6.45, 7) is 1.25. The molecule has 2 spiro atoms. The van der Waals surface area contributed by atoms with E-state index in [0.717, 1.165) is 55.2 Å². The van der Waals surface area contributed by atoms with Crippen LogP contribution < -0.4 is 5.73 Å². The third-order valence-electron chi connectivity index (χ3n) is 7.27. The number of nitrogens with two attached hydrogens (primary N) is 1. The van der Waals surface area contributed by atoms with E-state index >= 15 is 0 Å². The number of halogens is 1. The van der Waals surface area contributed by atoms with Crippen molar-refractivity contribution in [3.05, 3.63) is 33.8 Å². The van der Waals surface area contributed by atoms with Crippen molar-refractivity contribution in [3.8, 4) is 0 Å². The Kier molecular flexibility index (Phi) is 4.34. The fourth-order valence-electron chi connectivity index (χ4n) is 5.64. The molecule has 2 aliphatic carbocycles. The lowest BCUT2D eigenvalue weighted by atomic mass is 9.61. The van der Waals surface area contributed by atoms with Gasteiger partial charge in [-0.05, 0) is 61.8 Å². The quantitative estimate of drug-likeness (QED) is 0.772. The molecule has 6 nitrogen and oxygen atoms in total. The predicted molar refractivity (Wildman–Crippen MR) is 109 cm³/mol. The van der Waals surface area contributed by atoms with Gasteiger partial charge in [0.25, 0.3) is 5.91 Å². The zero-order chi connectivity index (χ0) is 19.5. The lowest BCUT2D eigenvalue weighted by Gasteiger charge is -2.45. The number of aliphatic imine (C=N–C) groups is 1. The van der Waals surface area contributed by atoms with Crippen molar-refractivity contribution in [2.45, 2.75) is 56.3 Å². The maximum absolute atomic E-state index is 13.9. The molecule has 5 rings (SSSR count). The highest BCUT2D eigenvalue weighted by atomic mass is 79.9. The fraction of sp³-hybridized carbons (Fsp3) is 0.619. The van der Waals surface area contributed by atoms with Gasteiger partial charge in [-0.2, -0.15) is 0 Å². The maximum atomic E-state index is 13.9. The van der Waals surface area contributed by atoms with E-state index in [1.54, 1.807) is 12.0 Å². The summed E-state index contributed by atoms with van der Waals surface area (Å²) in [7, 11) is 1.77. The molecule has 0 radical (unpaired) electrons. The summed E-state index contributed by atoms with van der Waals surface area (Å²) in [5.74, 6) is 0.356. The minimum atomic E-state index is -0.918. The van der Waals surface area contributed by atoms with Gasteiger partial charge in [0.15, 0.2) is 11.5 Å². The third-order valence-corrected chi connectivity index (χ3v) is 7.77. The van der Waals surface area contributed by atoms with Crippen molar-refractivity contribution in [3.63, 3.8) is 0 Å². The van der Waals surface area contributed by atoms with Gasteiger partial charge in [0.05, 0.1) is 18.8 Å². The molecule has 1 amide bonds. The second kappa shape index (κ2) is 6.54. The van der Waals surface area contributed by atoms with Crippen LogP contribution in [-0.2, 0) is 26.2 Å². The van der Waals surface area contributed by atoms with Crippen LogP contribution in [-0.4, -0.2) is 49.2 Å². The molecule has 1 aromatic rings. The minimum absolute atomic E-state index is 0.0215. The molecule has 7 heteroatoms. The fourth-order valence-corrected chi connectivity index (χ4v) is 6.01. The molecule has 2 aliphatic heterocycles. The molecule has 1 unspecified atom stereocenters. The van der Waals surface area contributed by atoms with Crippen molar-refractivity contribution in [1.82, 2.24) is 4.90 Å². The molecule has 2 atom stereocenters. The summed E-state index contributed by atoms with van der Waals surface area (Å²) in [5.41, 5.74) is 7.43. The number of ether oxygens (including phenoxy) is 2. The Morgan fingerprint density at radius 3 is 2.75 bits per heavy atom. The summed E-state index contributed by atoms with van der Waals surface area (Å²) < 4.78 is 12.1. The molecular weight excluding hydrogens is 422 g/mol. The van der Waals surface area contributed by atoms with Crippen molar-refractivity contribution in [2.75, 3.05) is 20.3 Å². The molecule has 0 bridgehead atoms. The van der Waals surface area contributed by atoms with E-state index in [2.05, 4.69) is 34.1 Å². The van der Waals surface area contributed by atoms with E-state index in [1.165, 1.54) is 5.56 Å². The average molecular weight is 448 g/mol. The Labute approximate surface area is 173 Å². The molecule has 28 heavy (non-hydrogen) atoms. The van der Waals surface area contributed by atoms with Gasteiger partial charge in [-0.3, -0.25) is 9.69 Å². The SMILES string of the molecule is COC1CCC2(CC1)Cc1ccc(Br)cc1C21N=C(N)N(C[C@@H]2CCO2)C1=O. The second-order valence-electron chi connectivity index (χ2n) is 8.57. The Morgan fingerprint density at radius 1 is 1.36 bits per heavy atom. The number of hydrogen-bond acceptors (Lipinski definition) is 5. The zero-order valence-electron chi connectivity index (χ0n) is 16.1. The number of carbonyl (C=O) groups is 1. The van der Waals surface area contributed by atoms with Crippen LogP contribution in [0.3, 0.4) is 0 Å². The standard InChI is InChI=1S/C21H26BrN3O3/c1-27-15-4-7-20(8-5-15)11-13-2-3-14(22)10-17(13)21(20)18(26)25(19(23)24-21)12-16-6-9-28-16/h2-3,10,15-16H,4-9,11-12H2,1H3,(H2,23,24)/t15?,16-,20?,21?/m0/s1. The minimum Gasteiger partial charge on any atom is -0.381 e. The lowest BCUT2D eigenvalue weighted by molar-refractivity contribution is -0.141. The highest BCUT2D eigenvalue weighted by Crippen LogP contribution is 2.62. The van der Waals surface area contributed by atoms with E-state index in [-0.39, 0.29) is 23.5 Å². The van der Waals surface area contributed by atoms with Gasteiger partial charge >= 0.3 is 0 Å². The number of fused-ring (bicyclic) bond motifs is 3. The summed E-state index contributed by atoms with van der Waals surface area (Å²) in [6.07, 6.45) is 5.87. The van der Waals surface area contributed by atoms with Crippen LogP contribution in [0.4, 0.5) is 0 Å². The number of hydrogen-bond donors (Lipinski definition) is 1. The Bertz CT molecular complexity index is 845. The van der Waals surface area contributed by atoms with Gasteiger partial charge in [0.1, 0.15) is 0 Å². The first-order valence-corrected chi connectivity index (χ1v) is 10.9. The van der Waals surface area contributed by atoms with Crippen LogP contribution in [0.25, 0.3) is 0 Å². The first kappa shape index (κ1) is 18.6. The van der Waals surface area contributed by atoms with E-state index in [0.29, 0.717) is 12.5 Å². The number of benzene rings is 1. The maximum Gasteiger partial charge on any atom is 0.262 e. The molecule has 1 saturated heterocycles. The van der Waals surface area contributed by atoms with Crippen molar-refractivity contribution >= 4 is 27.8 Å². The largest absolute Gasteiger partial charge is 0.381 e. The summed E-state index contributed by atoms with van der Waals surface area (Å²) >= 11 is 3.59. The summed E-state index contributed by atoms with van der Waals surface area (Å²) in [5, 5.41) is 0. The van der Waals surface area contributed by atoms with Gasteiger partial charge in [-0.25, -0.2) is 4.99 Å². The lowest BCUT2D eigenvalue weighted by Crippen LogP contribution is -2.54. The topological polar surface area (TPSA) is 77.2 Å². The Balaban J connectivity index is 1.59. The van der Waals surface area contributed by atoms with Crippen LogP contribution in [0.2, 0.25) is 0 Å². The highest BCUT2D eigenvalue weighted by molar-refractivity contribution is 9.10. The zero-order valence-corrected chi connectivity index (χ0v) is 17.7. The van der Waals surface area contributed by atoms with Gasteiger partial charge in [-0.1, -0.05) is 22.0 Å². The number of methoxy groups -OCH3 is 1. The van der Waals surface area contributed by atoms with Gasteiger partial charge in [0.2, 0.25) is 0 Å². The first-order chi connectivity index (χ1) is 13.5. The highest BCUT2D eigenvalue weighted by Gasteiger charge is 2.66.